The van der Waals surface area contributed by atoms with E-state index in [4.69, 9.17) is 12.2 Å². The smallest absolute Gasteiger partial charge is 0.264 e. The number of nitrogen functional groups attached to an aromatic ring is 1. The van der Waals surface area contributed by atoms with Crippen LogP contribution in [0, 0.1) is 26.2 Å². The molecule has 0 unspecified atom stereocenters. The van der Waals surface area contributed by atoms with E-state index >= 15 is 0 Å². The number of terminal acetylenes is 1. The van der Waals surface area contributed by atoms with E-state index < -0.39 is 5.54 Å². The predicted octanol–water partition coefficient (Wildman–Crippen LogP) is 2.03. The molecule has 0 aliphatic carbocycles. The van der Waals surface area contributed by atoms with Crippen LogP contribution in [0.15, 0.2) is 0 Å². The van der Waals surface area contributed by atoms with E-state index in [1.807, 2.05) is 13.8 Å². The Hall–Kier alpha value is -2.13. The van der Waals surface area contributed by atoms with Crippen LogP contribution in [0.4, 0.5) is 5.69 Å². The third-order valence-corrected chi connectivity index (χ3v) is 4.22. The zero-order valence-corrected chi connectivity index (χ0v) is 12.7. The number of anilines is 1. The van der Waals surface area contributed by atoms with Crippen LogP contribution in [-0.4, -0.2) is 21.6 Å². The van der Waals surface area contributed by atoms with Gasteiger partial charge in [-0.25, -0.2) is 0 Å². The molecular weight excluding hydrogens is 272 g/mol. The fourth-order valence-electron chi connectivity index (χ4n) is 1.79. The van der Waals surface area contributed by atoms with E-state index in [1.165, 1.54) is 11.3 Å². The normalized spacial score (nSPS) is 11.3. The maximum absolute atomic E-state index is 12.3. The fourth-order valence-corrected chi connectivity index (χ4v) is 2.78. The van der Waals surface area contributed by atoms with Gasteiger partial charge in [0.15, 0.2) is 0 Å². The maximum atomic E-state index is 12.3. The molecule has 0 fully saturated rings. The van der Waals surface area contributed by atoms with Gasteiger partial charge in [-0.05, 0) is 33.3 Å². The zero-order valence-electron chi connectivity index (χ0n) is 11.9. The molecule has 0 aromatic carbocycles. The summed E-state index contributed by atoms with van der Waals surface area (Å²) < 4.78 is 0. The first kappa shape index (κ1) is 14.3. The summed E-state index contributed by atoms with van der Waals surface area (Å²) in [5.74, 6) is 2.23. The summed E-state index contributed by atoms with van der Waals surface area (Å²) in [4.78, 5) is 13.4. The Kier molecular flexibility index (Phi) is 3.40. The molecule has 6 heteroatoms. The highest BCUT2D eigenvalue weighted by atomic mass is 32.1. The second kappa shape index (κ2) is 4.76. The number of nitrogens with zero attached hydrogens (tertiary/aromatic N) is 2. The van der Waals surface area contributed by atoms with E-state index in [0.29, 0.717) is 15.4 Å². The number of aryl methyl sites for hydroxylation is 2. The second-order valence-electron chi connectivity index (χ2n) is 5.16. The number of nitrogens with one attached hydrogen (secondary N) is 1. The Labute approximate surface area is 121 Å². The van der Waals surface area contributed by atoms with Crippen LogP contribution in [0.5, 0.6) is 0 Å². The molecule has 1 amide bonds. The summed E-state index contributed by atoms with van der Waals surface area (Å²) in [6.07, 6.45) is 5.37. The van der Waals surface area contributed by atoms with E-state index in [0.717, 1.165) is 16.6 Å². The van der Waals surface area contributed by atoms with Gasteiger partial charge < -0.3 is 11.1 Å². The number of nitrogens with two attached hydrogens (primary N) is 1. The highest BCUT2D eigenvalue weighted by Crippen LogP contribution is 2.34. The average molecular weight is 288 g/mol. The van der Waals surface area contributed by atoms with Gasteiger partial charge in [0.1, 0.15) is 9.71 Å². The van der Waals surface area contributed by atoms with E-state index in [1.54, 1.807) is 13.8 Å². The Morgan fingerprint density at radius 1 is 1.40 bits per heavy atom. The van der Waals surface area contributed by atoms with E-state index in [9.17, 15) is 4.79 Å². The van der Waals surface area contributed by atoms with Gasteiger partial charge >= 0.3 is 0 Å². The van der Waals surface area contributed by atoms with Crippen molar-refractivity contribution >= 4 is 33.1 Å². The van der Waals surface area contributed by atoms with Gasteiger partial charge in [0, 0.05) is 5.39 Å². The van der Waals surface area contributed by atoms with Crippen LogP contribution >= 0.6 is 11.3 Å². The molecule has 0 aliphatic rings. The molecule has 0 radical (unpaired) electrons. The third kappa shape index (κ3) is 2.32. The van der Waals surface area contributed by atoms with Crippen LogP contribution in [0.3, 0.4) is 0 Å². The molecule has 0 saturated carbocycles. The number of amides is 1. The maximum Gasteiger partial charge on any atom is 0.264 e. The number of rotatable bonds is 2. The van der Waals surface area contributed by atoms with Crippen molar-refractivity contribution in [3.05, 3.63) is 16.1 Å². The quantitative estimate of drug-likeness (QED) is 0.829. The highest BCUT2D eigenvalue weighted by molar-refractivity contribution is 7.21. The number of carbonyl (C=O) groups is 1. The van der Waals surface area contributed by atoms with Gasteiger partial charge in [-0.15, -0.1) is 22.9 Å². The average Bonchev–Trinajstić information content (AvgIpc) is 2.71. The summed E-state index contributed by atoms with van der Waals surface area (Å²) in [6.45, 7) is 7.29. The minimum Gasteiger partial charge on any atom is -0.397 e. The third-order valence-electron chi connectivity index (χ3n) is 3.13. The first-order valence-electron chi connectivity index (χ1n) is 6.09. The predicted molar refractivity (Wildman–Crippen MR) is 81.7 cm³/mol. The van der Waals surface area contributed by atoms with Crippen molar-refractivity contribution in [1.29, 1.82) is 0 Å². The molecule has 0 bridgehead atoms. The first-order valence-corrected chi connectivity index (χ1v) is 6.90. The molecule has 2 aromatic rings. The summed E-state index contributed by atoms with van der Waals surface area (Å²) in [6, 6.07) is 0. The van der Waals surface area contributed by atoms with Crippen molar-refractivity contribution in [3.63, 3.8) is 0 Å². The molecule has 0 spiro atoms. The molecule has 2 aromatic heterocycles. The summed E-state index contributed by atoms with van der Waals surface area (Å²) in [5, 5.41) is 11.7. The minimum atomic E-state index is -0.726. The summed E-state index contributed by atoms with van der Waals surface area (Å²) in [5.41, 5.74) is 7.56. The Morgan fingerprint density at radius 3 is 2.65 bits per heavy atom. The lowest BCUT2D eigenvalue weighted by Gasteiger charge is -2.19. The Bertz CT molecular complexity index is 740. The minimum absolute atomic E-state index is 0.287. The van der Waals surface area contributed by atoms with E-state index in [-0.39, 0.29) is 5.91 Å². The van der Waals surface area contributed by atoms with Crippen molar-refractivity contribution in [2.75, 3.05) is 5.73 Å². The van der Waals surface area contributed by atoms with Crippen LogP contribution in [0.25, 0.3) is 10.2 Å². The van der Waals surface area contributed by atoms with Gasteiger partial charge in [0.05, 0.1) is 16.9 Å². The number of hydrogen-bond acceptors (Lipinski definition) is 5. The highest BCUT2D eigenvalue weighted by Gasteiger charge is 2.24. The van der Waals surface area contributed by atoms with Crippen LogP contribution < -0.4 is 11.1 Å². The zero-order chi connectivity index (χ0) is 15.1. The van der Waals surface area contributed by atoms with Crippen LogP contribution in [-0.2, 0) is 0 Å². The lowest BCUT2D eigenvalue weighted by atomic mass is 10.1. The van der Waals surface area contributed by atoms with Crippen LogP contribution in [0.2, 0.25) is 0 Å². The van der Waals surface area contributed by atoms with E-state index in [2.05, 4.69) is 21.4 Å². The van der Waals surface area contributed by atoms with Gasteiger partial charge in [-0.1, -0.05) is 5.92 Å². The van der Waals surface area contributed by atoms with Gasteiger partial charge in [0.2, 0.25) is 0 Å². The topological polar surface area (TPSA) is 80.9 Å². The number of hydrogen-bond donors (Lipinski definition) is 2. The molecule has 3 N–H and O–H groups in total. The Balaban J connectivity index is 2.52. The molecule has 2 rings (SSSR count). The van der Waals surface area contributed by atoms with Crippen molar-refractivity contribution in [2.24, 2.45) is 0 Å². The first-order chi connectivity index (χ1) is 9.26. The van der Waals surface area contributed by atoms with Crippen LogP contribution in [0.1, 0.15) is 34.8 Å². The molecule has 0 atom stereocenters. The monoisotopic (exact) mass is 288 g/mol. The SMILES string of the molecule is C#CC(C)(C)NC(=O)c1sc2nnc(C)c(C)c2c1N. The molecular formula is C14H16N4OS. The number of carbonyl (C=O) groups excluding carboxylic acids is 1. The lowest BCUT2D eigenvalue weighted by molar-refractivity contribution is 0.0935. The summed E-state index contributed by atoms with van der Waals surface area (Å²) in [7, 11) is 0. The second-order valence-corrected chi connectivity index (χ2v) is 6.16. The number of fused-ring (bicyclic) bond motifs is 1. The van der Waals surface area contributed by atoms with Crippen molar-refractivity contribution in [1.82, 2.24) is 15.5 Å². The molecule has 104 valence electrons. The molecule has 0 saturated heterocycles. The lowest BCUT2D eigenvalue weighted by Crippen LogP contribution is -2.41. The molecule has 20 heavy (non-hydrogen) atoms. The van der Waals surface area contributed by atoms with Crippen molar-refractivity contribution < 1.29 is 4.79 Å². The van der Waals surface area contributed by atoms with Crippen molar-refractivity contribution in [2.45, 2.75) is 33.2 Å². The summed E-state index contributed by atoms with van der Waals surface area (Å²) >= 11 is 1.23. The van der Waals surface area contributed by atoms with Crippen molar-refractivity contribution in [3.8, 4) is 12.3 Å². The largest absolute Gasteiger partial charge is 0.397 e. The molecule has 5 nitrogen and oxygen atoms in total. The number of aromatic nitrogens is 2. The number of thiophene rings is 1. The van der Waals surface area contributed by atoms with Gasteiger partial charge in [-0.3, -0.25) is 4.79 Å². The van der Waals surface area contributed by atoms with Gasteiger partial charge in [-0.2, -0.15) is 5.10 Å². The molecule has 0 aliphatic heterocycles. The Morgan fingerprint density at radius 2 is 2.05 bits per heavy atom. The standard InChI is InChI=1S/C14H16N4OS/c1-6-14(4,5)16-12(19)11-10(15)9-7(2)8(3)17-18-13(9)20-11/h1H,15H2,2-5H3,(H,16,19). The van der Waals surface area contributed by atoms with Gasteiger partial charge in [0.25, 0.3) is 5.91 Å². The fraction of sp³-hybridized carbons (Fsp3) is 0.357. The molecule has 2 heterocycles.